The number of nitrogens with one attached hydrogen (secondary N) is 1. The van der Waals surface area contributed by atoms with Gasteiger partial charge in [0.15, 0.2) is 0 Å². The summed E-state index contributed by atoms with van der Waals surface area (Å²) < 4.78 is 4.67. The van der Waals surface area contributed by atoms with E-state index in [1.807, 2.05) is 6.92 Å². The van der Waals surface area contributed by atoms with Crippen LogP contribution in [0.25, 0.3) is 0 Å². The van der Waals surface area contributed by atoms with E-state index in [1.165, 1.54) is 0 Å². The molecule has 0 spiro atoms. The molecule has 66 valence electrons. The van der Waals surface area contributed by atoms with Crippen LogP contribution in [-0.4, -0.2) is 24.1 Å². The molecule has 0 unspecified atom stereocenters. The van der Waals surface area contributed by atoms with Crippen LogP contribution in [0, 0.1) is 0 Å². The molecule has 0 aliphatic rings. The predicted octanol–water partition coefficient (Wildman–Crippen LogP) is 1.93. The molecular weight excluding hydrogens is 189 g/mol. The maximum absolute atomic E-state index is 10.7. The van der Waals surface area contributed by atoms with E-state index in [2.05, 4.69) is 10.1 Å². The lowest BCUT2D eigenvalue weighted by atomic mass is 10.5. The van der Waals surface area contributed by atoms with E-state index in [0.29, 0.717) is 6.61 Å². The molecule has 0 saturated heterocycles. The molecule has 0 aliphatic carbocycles. The van der Waals surface area contributed by atoms with Gasteiger partial charge in [-0.05, 0) is 6.42 Å². The summed E-state index contributed by atoms with van der Waals surface area (Å²) in [5.41, 5.74) is 0. The summed E-state index contributed by atoms with van der Waals surface area (Å²) in [6.45, 7) is 2.55. The lowest BCUT2D eigenvalue weighted by Crippen LogP contribution is -2.28. The fourth-order valence-corrected chi connectivity index (χ4v) is 0.561. The van der Waals surface area contributed by atoms with Crippen molar-refractivity contribution >= 4 is 29.3 Å². The summed E-state index contributed by atoms with van der Waals surface area (Å²) in [4.78, 5) is 10.1. The molecule has 0 atom stereocenters. The number of amides is 1. The Morgan fingerprint density at radius 1 is 1.64 bits per heavy atom. The number of hydrogen-bond donors (Lipinski definition) is 1. The second kappa shape index (κ2) is 6.55. The number of carbonyl (C=O) groups is 1. The van der Waals surface area contributed by atoms with Crippen LogP contribution in [0.15, 0.2) is 0 Å². The number of ether oxygens (including phenoxy) is 1. The van der Waals surface area contributed by atoms with E-state index >= 15 is 0 Å². The van der Waals surface area contributed by atoms with Gasteiger partial charge >= 0.3 is 6.09 Å². The molecule has 0 aromatic rings. The molecule has 0 fully saturated rings. The topological polar surface area (TPSA) is 38.3 Å². The second-order valence-corrected chi connectivity index (χ2v) is 3.18. The Balaban J connectivity index is 3.23. The number of halogens is 2. The molecule has 5 heteroatoms. The summed E-state index contributed by atoms with van der Waals surface area (Å²) in [7, 11) is 0. The van der Waals surface area contributed by atoms with Crippen LogP contribution in [0.5, 0.6) is 0 Å². The standard InChI is InChI=1S/C6H11Cl2NO2/c1-2-3-11-6(10)9-4-5(7)8/h5H,2-4H2,1H3,(H,9,10). The molecule has 0 saturated carbocycles. The van der Waals surface area contributed by atoms with Crippen LogP contribution < -0.4 is 5.32 Å². The monoisotopic (exact) mass is 199 g/mol. The zero-order valence-corrected chi connectivity index (χ0v) is 7.78. The molecule has 0 aromatic carbocycles. The number of alkyl carbamates (subject to hydrolysis) is 1. The minimum Gasteiger partial charge on any atom is -0.450 e. The predicted molar refractivity (Wildman–Crippen MR) is 45.1 cm³/mol. The zero-order chi connectivity index (χ0) is 8.69. The van der Waals surface area contributed by atoms with Crippen molar-refractivity contribution in [3.8, 4) is 0 Å². The van der Waals surface area contributed by atoms with Gasteiger partial charge in [0, 0.05) is 0 Å². The van der Waals surface area contributed by atoms with Gasteiger partial charge in [-0.2, -0.15) is 0 Å². The molecule has 0 rings (SSSR count). The van der Waals surface area contributed by atoms with Gasteiger partial charge in [0.2, 0.25) is 0 Å². The van der Waals surface area contributed by atoms with Gasteiger partial charge in [-0.1, -0.05) is 6.92 Å². The van der Waals surface area contributed by atoms with Crippen molar-refractivity contribution < 1.29 is 9.53 Å². The Hall–Kier alpha value is -0.150. The highest BCUT2D eigenvalue weighted by Crippen LogP contribution is 1.98. The van der Waals surface area contributed by atoms with Crippen molar-refractivity contribution in [2.75, 3.05) is 13.2 Å². The largest absolute Gasteiger partial charge is 0.450 e. The van der Waals surface area contributed by atoms with Crippen molar-refractivity contribution in [1.82, 2.24) is 5.32 Å². The average molecular weight is 200 g/mol. The van der Waals surface area contributed by atoms with Gasteiger partial charge in [-0.3, -0.25) is 0 Å². The van der Waals surface area contributed by atoms with Crippen molar-refractivity contribution in [3.05, 3.63) is 0 Å². The summed E-state index contributed by atoms with van der Waals surface area (Å²) in [6, 6.07) is 0. The minimum atomic E-state index is -0.579. The van der Waals surface area contributed by atoms with Crippen LogP contribution >= 0.6 is 23.2 Å². The molecule has 1 amide bonds. The first-order valence-electron chi connectivity index (χ1n) is 3.35. The molecule has 11 heavy (non-hydrogen) atoms. The highest BCUT2D eigenvalue weighted by atomic mass is 35.5. The minimum absolute atomic E-state index is 0.214. The molecular formula is C6H11Cl2NO2. The van der Waals surface area contributed by atoms with Gasteiger partial charge in [0.1, 0.15) is 4.84 Å². The summed E-state index contributed by atoms with van der Waals surface area (Å²) >= 11 is 10.7. The second-order valence-electron chi connectivity index (χ2n) is 1.91. The number of rotatable bonds is 4. The van der Waals surface area contributed by atoms with Crippen molar-refractivity contribution in [3.63, 3.8) is 0 Å². The molecule has 1 N–H and O–H groups in total. The first-order valence-corrected chi connectivity index (χ1v) is 4.23. The molecule has 0 aromatic heterocycles. The molecule has 3 nitrogen and oxygen atoms in total. The quantitative estimate of drug-likeness (QED) is 0.704. The van der Waals surface area contributed by atoms with Crippen LogP contribution in [0.2, 0.25) is 0 Å². The smallest absolute Gasteiger partial charge is 0.407 e. The van der Waals surface area contributed by atoms with Crippen molar-refractivity contribution in [1.29, 1.82) is 0 Å². The Bertz CT molecular complexity index is 119. The molecule has 0 radical (unpaired) electrons. The average Bonchev–Trinajstić information content (AvgIpc) is 1.97. The lowest BCUT2D eigenvalue weighted by molar-refractivity contribution is 0.147. The summed E-state index contributed by atoms with van der Waals surface area (Å²) in [5, 5.41) is 2.39. The van der Waals surface area contributed by atoms with Crippen LogP contribution in [-0.2, 0) is 4.74 Å². The number of carbonyl (C=O) groups excluding carboxylic acids is 1. The highest BCUT2D eigenvalue weighted by Gasteiger charge is 2.03. The third-order valence-electron chi connectivity index (χ3n) is 0.838. The zero-order valence-electron chi connectivity index (χ0n) is 6.27. The van der Waals surface area contributed by atoms with Crippen molar-refractivity contribution in [2.45, 2.75) is 18.2 Å². The number of alkyl halides is 2. The highest BCUT2D eigenvalue weighted by molar-refractivity contribution is 6.44. The lowest BCUT2D eigenvalue weighted by Gasteiger charge is -2.05. The summed E-state index contributed by atoms with van der Waals surface area (Å²) in [6.07, 6.45) is 0.330. The van der Waals surface area contributed by atoms with E-state index in [1.54, 1.807) is 0 Å². The third-order valence-corrected chi connectivity index (χ3v) is 1.15. The fourth-order valence-electron chi connectivity index (χ4n) is 0.406. The molecule has 0 bridgehead atoms. The third kappa shape index (κ3) is 7.75. The van der Waals surface area contributed by atoms with E-state index in [4.69, 9.17) is 23.2 Å². The Labute approximate surface area is 76.0 Å². The maximum Gasteiger partial charge on any atom is 0.407 e. The number of hydrogen-bond acceptors (Lipinski definition) is 2. The van der Waals surface area contributed by atoms with E-state index in [-0.39, 0.29) is 6.54 Å². The van der Waals surface area contributed by atoms with Gasteiger partial charge < -0.3 is 10.1 Å². The molecule has 0 heterocycles. The Kier molecular flexibility index (Phi) is 6.46. The Morgan fingerprint density at radius 2 is 2.27 bits per heavy atom. The van der Waals surface area contributed by atoms with Crippen LogP contribution in [0.1, 0.15) is 13.3 Å². The van der Waals surface area contributed by atoms with Crippen LogP contribution in [0.3, 0.4) is 0 Å². The summed E-state index contributed by atoms with van der Waals surface area (Å²) in [5.74, 6) is 0. The Morgan fingerprint density at radius 3 is 2.73 bits per heavy atom. The molecule has 0 aliphatic heterocycles. The van der Waals surface area contributed by atoms with Gasteiger partial charge in [0.25, 0.3) is 0 Å². The van der Waals surface area contributed by atoms with E-state index in [9.17, 15) is 4.79 Å². The normalized spacial score (nSPS) is 9.82. The van der Waals surface area contributed by atoms with Gasteiger partial charge in [0.05, 0.1) is 13.2 Å². The maximum atomic E-state index is 10.7. The van der Waals surface area contributed by atoms with E-state index in [0.717, 1.165) is 6.42 Å². The van der Waals surface area contributed by atoms with E-state index < -0.39 is 10.9 Å². The van der Waals surface area contributed by atoms with Crippen molar-refractivity contribution in [2.24, 2.45) is 0 Å². The first kappa shape index (κ1) is 10.8. The van der Waals surface area contributed by atoms with Gasteiger partial charge in [-0.15, -0.1) is 23.2 Å². The van der Waals surface area contributed by atoms with Gasteiger partial charge in [-0.25, -0.2) is 4.79 Å². The van der Waals surface area contributed by atoms with Crippen LogP contribution in [0.4, 0.5) is 4.79 Å². The fraction of sp³-hybridized carbons (Fsp3) is 0.833. The first-order chi connectivity index (χ1) is 5.16. The SMILES string of the molecule is CCCOC(=O)NCC(Cl)Cl.